The monoisotopic (exact) mass is 214 g/mol. The molecule has 1 unspecified atom stereocenters. The number of fused-ring (bicyclic) bond motifs is 1. The van der Waals surface area contributed by atoms with Crippen molar-refractivity contribution in [1.29, 1.82) is 0 Å². The van der Waals surface area contributed by atoms with Crippen molar-refractivity contribution in [2.45, 2.75) is 18.3 Å². The molecule has 2 nitrogen and oxygen atoms in total. The normalized spacial score (nSPS) is 29.9. The van der Waals surface area contributed by atoms with Crippen LogP contribution in [0.5, 0.6) is 0 Å². The average Bonchev–Trinajstić information content (AvgIpc) is 2.38. The second kappa shape index (κ2) is 3.48. The maximum Gasteiger partial charge on any atom is 0.309 e. The quantitative estimate of drug-likeness (QED) is 0.530. The zero-order valence-electron chi connectivity index (χ0n) is 9.22. The number of esters is 1. The number of benzene rings is 1. The number of rotatable bonds is 1. The highest BCUT2D eigenvalue weighted by Gasteiger charge is 2.40. The van der Waals surface area contributed by atoms with E-state index >= 15 is 0 Å². The number of ether oxygens (including phenoxy) is 1. The van der Waals surface area contributed by atoms with Crippen molar-refractivity contribution in [1.82, 2.24) is 0 Å². The molecule has 16 heavy (non-hydrogen) atoms. The van der Waals surface area contributed by atoms with Crippen LogP contribution in [0.25, 0.3) is 0 Å². The molecule has 0 radical (unpaired) electrons. The second-order valence-electron chi connectivity index (χ2n) is 4.51. The van der Waals surface area contributed by atoms with E-state index in [1.54, 1.807) is 0 Å². The van der Waals surface area contributed by atoms with Gasteiger partial charge >= 0.3 is 5.97 Å². The predicted molar refractivity (Wildman–Crippen MR) is 61.2 cm³/mol. The molecule has 4 rings (SSSR count). The third-order valence-electron chi connectivity index (χ3n) is 3.75. The maximum atomic E-state index is 11.7. The first-order valence-electron chi connectivity index (χ1n) is 5.66. The van der Waals surface area contributed by atoms with Gasteiger partial charge in [-0.3, -0.25) is 4.79 Å². The van der Waals surface area contributed by atoms with Gasteiger partial charge < -0.3 is 4.74 Å². The van der Waals surface area contributed by atoms with Crippen molar-refractivity contribution >= 4 is 5.97 Å². The number of hydrogen-bond acceptors (Lipinski definition) is 2. The van der Waals surface area contributed by atoms with E-state index in [-0.39, 0.29) is 17.8 Å². The molecule has 82 valence electrons. The number of allylic oxidation sites excluding steroid dienone is 2. The Hall–Kier alpha value is -1.57. The molecule has 0 saturated carbocycles. The van der Waals surface area contributed by atoms with Crippen LogP contribution in [-0.2, 0) is 9.53 Å². The van der Waals surface area contributed by atoms with Gasteiger partial charge in [0.2, 0.25) is 0 Å². The van der Waals surface area contributed by atoms with Gasteiger partial charge in [-0.1, -0.05) is 36.4 Å². The molecule has 2 heteroatoms. The second-order valence-corrected chi connectivity index (χ2v) is 4.51. The molecule has 3 atom stereocenters. The Kier molecular flexibility index (Phi) is 2.10. The van der Waals surface area contributed by atoms with Gasteiger partial charge in [0.15, 0.2) is 0 Å². The van der Waals surface area contributed by atoms with Crippen LogP contribution in [0.4, 0.5) is 0 Å². The summed E-state index contributed by atoms with van der Waals surface area (Å²) in [5.74, 6) is 0.544. The lowest BCUT2D eigenvalue weighted by Gasteiger charge is -2.38. The minimum Gasteiger partial charge on any atom is -0.469 e. The van der Waals surface area contributed by atoms with Crippen LogP contribution in [0.1, 0.15) is 29.4 Å². The Labute approximate surface area is 94.9 Å². The molecule has 0 amide bonds. The highest BCUT2D eigenvalue weighted by molar-refractivity contribution is 5.75. The van der Waals surface area contributed by atoms with E-state index in [9.17, 15) is 4.79 Å². The molecular formula is C14H14O2. The Balaban J connectivity index is 2.05. The zero-order chi connectivity index (χ0) is 11.1. The highest BCUT2D eigenvalue weighted by Crippen LogP contribution is 2.48. The summed E-state index contributed by atoms with van der Waals surface area (Å²) in [5.41, 5.74) is 2.69. The van der Waals surface area contributed by atoms with Crippen LogP contribution in [0, 0.1) is 5.92 Å². The molecule has 0 fully saturated rings. The SMILES string of the molecule is COC(=O)C1C[C@H]2C=C[C@@H]1c1ccccc12. The van der Waals surface area contributed by atoms with Crippen LogP contribution in [0.15, 0.2) is 36.4 Å². The molecule has 0 aliphatic heterocycles. The van der Waals surface area contributed by atoms with Gasteiger partial charge in [0.1, 0.15) is 0 Å². The average molecular weight is 214 g/mol. The van der Waals surface area contributed by atoms with Gasteiger partial charge in [0.25, 0.3) is 0 Å². The molecule has 1 aromatic carbocycles. The van der Waals surface area contributed by atoms with E-state index in [1.807, 2.05) is 6.07 Å². The fourth-order valence-corrected chi connectivity index (χ4v) is 2.98. The molecule has 0 aromatic heterocycles. The summed E-state index contributed by atoms with van der Waals surface area (Å²) >= 11 is 0. The van der Waals surface area contributed by atoms with Crippen molar-refractivity contribution in [3.63, 3.8) is 0 Å². The van der Waals surface area contributed by atoms with Crippen molar-refractivity contribution in [2.24, 2.45) is 5.92 Å². The smallest absolute Gasteiger partial charge is 0.309 e. The van der Waals surface area contributed by atoms with Gasteiger partial charge in [-0.25, -0.2) is 0 Å². The molecule has 0 saturated heterocycles. The van der Waals surface area contributed by atoms with E-state index in [0.717, 1.165) is 6.42 Å². The van der Waals surface area contributed by atoms with E-state index in [0.29, 0.717) is 5.92 Å². The van der Waals surface area contributed by atoms with Gasteiger partial charge in [0, 0.05) is 11.8 Å². The lowest BCUT2D eigenvalue weighted by Crippen LogP contribution is -2.32. The minimum absolute atomic E-state index is 0.00917. The molecule has 1 aromatic rings. The molecule has 3 aliphatic carbocycles. The summed E-state index contributed by atoms with van der Waals surface area (Å²) in [6, 6.07) is 8.41. The van der Waals surface area contributed by atoms with Crippen molar-refractivity contribution < 1.29 is 9.53 Å². The summed E-state index contributed by atoms with van der Waals surface area (Å²) in [5, 5.41) is 0. The number of carbonyl (C=O) groups excluding carboxylic acids is 1. The first-order chi connectivity index (χ1) is 7.81. The highest BCUT2D eigenvalue weighted by atomic mass is 16.5. The number of methoxy groups -OCH3 is 1. The molecule has 0 N–H and O–H groups in total. The summed E-state index contributed by atoms with van der Waals surface area (Å²) < 4.78 is 4.88. The van der Waals surface area contributed by atoms with Crippen LogP contribution in [0.2, 0.25) is 0 Å². The van der Waals surface area contributed by atoms with Crippen LogP contribution >= 0.6 is 0 Å². The van der Waals surface area contributed by atoms with Gasteiger partial charge in [-0.15, -0.1) is 0 Å². The Morgan fingerprint density at radius 2 is 2.00 bits per heavy atom. The van der Waals surface area contributed by atoms with Crippen molar-refractivity contribution in [2.75, 3.05) is 7.11 Å². The molecule has 2 bridgehead atoms. The summed E-state index contributed by atoms with van der Waals surface area (Å²) in [6.07, 6.45) is 5.29. The summed E-state index contributed by atoms with van der Waals surface area (Å²) in [7, 11) is 1.47. The topological polar surface area (TPSA) is 26.3 Å². The first-order valence-corrected chi connectivity index (χ1v) is 5.66. The van der Waals surface area contributed by atoms with E-state index < -0.39 is 0 Å². The van der Waals surface area contributed by atoms with Crippen LogP contribution in [0.3, 0.4) is 0 Å². The molecule has 3 aliphatic rings. The largest absolute Gasteiger partial charge is 0.469 e. The van der Waals surface area contributed by atoms with Gasteiger partial charge in [-0.2, -0.15) is 0 Å². The lowest BCUT2D eigenvalue weighted by atomic mass is 9.66. The van der Waals surface area contributed by atoms with Crippen molar-refractivity contribution in [3.8, 4) is 0 Å². The fourth-order valence-electron chi connectivity index (χ4n) is 2.98. The Morgan fingerprint density at radius 1 is 1.25 bits per heavy atom. The van der Waals surface area contributed by atoms with E-state index in [2.05, 4.69) is 30.4 Å². The molecule has 0 spiro atoms. The third-order valence-corrected chi connectivity index (χ3v) is 3.75. The van der Waals surface area contributed by atoms with E-state index in [1.165, 1.54) is 18.2 Å². The minimum atomic E-state index is -0.0751. The van der Waals surface area contributed by atoms with Crippen molar-refractivity contribution in [3.05, 3.63) is 47.5 Å². The summed E-state index contributed by atoms with van der Waals surface area (Å²) in [6.45, 7) is 0. The number of carbonyl (C=O) groups is 1. The standard InChI is InChI=1S/C14H14O2/c1-16-14(15)13-8-9-6-7-12(13)11-5-3-2-4-10(9)11/h2-7,9,12-13H,8H2,1H3/t9-,12-,13?/m1/s1. The van der Waals surface area contributed by atoms with Crippen LogP contribution < -0.4 is 0 Å². The first kappa shape index (κ1) is 9.64. The Morgan fingerprint density at radius 3 is 2.75 bits per heavy atom. The molecular weight excluding hydrogens is 200 g/mol. The van der Waals surface area contributed by atoms with E-state index in [4.69, 9.17) is 4.74 Å². The van der Waals surface area contributed by atoms with Gasteiger partial charge in [0.05, 0.1) is 13.0 Å². The maximum absolute atomic E-state index is 11.7. The predicted octanol–water partition coefficient (Wildman–Crippen LogP) is 2.62. The molecule has 0 heterocycles. The van der Waals surface area contributed by atoms with Crippen LogP contribution in [-0.4, -0.2) is 13.1 Å². The number of hydrogen-bond donors (Lipinski definition) is 0. The summed E-state index contributed by atoms with van der Waals surface area (Å²) in [4.78, 5) is 11.7. The zero-order valence-corrected chi connectivity index (χ0v) is 9.22. The lowest BCUT2D eigenvalue weighted by molar-refractivity contribution is -0.146. The fraction of sp³-hybridized carbons (Fsp3) is 0.357. The van der Waals surface area contributed by atoms with Gasteiger partial charge in [-0.05, 0) is 17.5 Å². The Bertz CT molecular complexity index is 462. The third kappa shape index (κ3) is 1.22.